The normalized spacial score (nSPS) is 11.1. The third kappa shape index (κ3) is 17.4. The van der Waals surface area contributed by atoms with E-state index in [2.05, 4.69) is 24.3 Å². The number of hydrogen-bond acceptors (Lipinski definition) is 4. The van der Waals surface area contributed by atoms with Crippen LogP contribution in [0.3, 0.4) is 0 Å². The molecule has 0 spiro atoms. The molecule has 0 rings (SSSR count). The van der Waals surface area contributed by atoms with Crippen LogP contribution >= 0.6 is 0 Å². The molecule has 0 aromatic rings. The first-order chi connectivity index (χ1) is 10.7. The van der Waals surface area contributed by atoms with E-state index < -0.39 is 0 Å². The van der Waals surface area contributed by atoms with E-state index in [1.54, 1.807) is 0 Å². The summed E-state index contributed by atoms with van der Waals surface area (Å²) in [4.78, 5) is 13.8. The Kier molecular flexibility index (Phi) is 16.3. The van der Waals surface area contributed by atoms with Crippen LogP contribution in [0, 0.1) is 0 Å². The molecule has 0 unspecified atom stereocenters. The van der Waals surface area contributed by atoms with Crippen molar-refractivity contribution in [1.29, 1.82) is 0 Å². The highest BCUT2D eigenvalue weighted by Gasteiger charge is 2.02. The molecule has 4 heteroatoms. The predicted octanol–water partition coefficient (Wildman–Crippen LogP) is 3.60. The molecule has 0 aliphatic heterocycles. The zero-order chi connectivity index (χ0) is 16.5. The van der Waals surface area contributed by atoms with Crippen LogP contribution in [0.15, 0.2) is 0 Å². The lowest BCUT2D eigenvalue weighted by atomic mass is 10.1. The number of unbranched alkanes of at least 4 members (excludes halogenated alkanes) is 8. The number of hydrogen-bond donors (Lipinski definition) is 1. The molecule has 0 aliphatic rings. The molecule has 0 amide bonds. The Bertz CT molecular complexity index is 245. The largest absolute Gasteiger partial charge is 0.466 e. The summed E-state index contributed by atoms with van der Waals surface area (Å²) in [5.41, 5.74) is 0. The number of ether oxygens (including phenoxy) is 1. The maximum atomic E-state index is 11.6. The highest BCUT2D eigenvalue weighted by Crippen LogP contribution is 2.07. The van der Waals surface area contributed by atoms with Crippen molar-refractivity contribution >= 4 is 5.97 Å². The number of nitrogens with zero attached hydrogens (tertiary/aromatic N) is 1. The van der Waals surface area contributed by atoms with Gasteiger partial charge in [0.2, 0.25) is 0 Å². The predicted molar refractivity (Wildman–Crippen MR) is 94.2 cm³/mol. The van der Waals surface area contributed by atoms with Gasteiger partial charge in [0.15, 0.2) is 0 Å². The van der Waals surface area contributed by atoms with Gasteiger partial charge >= 0.3 is 5.97 Å². The minimum atomic E-state index is -0.0107. The number of carbonyl (C=O) groups excluding carboxylic acids is 1. The molecular weight excluding hydrogens is 276 g/mol. The zero-order valence-corrected chi connectivity index (χ0v) is 15.2. The Balaban J connectivity index is 3.16. The molecule has 0 saturated heterocycles. The molecule has 0 atom stereocenters. The van der Waals surface area contributed by atoms with Crippen molar-refractivity contribution in [2.24, 2.45) is 0 Å². The van der Waals surface area contributed by atoms with Crippen LogP contribution in [0.5, 0.6) is 0 Å². The average molecular weight is 315 g/mol. The van der Waals surface area contributed by atoms with Crippen LogP contribution in [0.4, 0.5) is 0 Å². The first-order valence-electron chi connectivity index (χ1n) is 9.11. The van der Waals surface area contributed by atoms with E-state index in [0.29, 0.717) is 13.0 Å². The highest BCUT2D eigenvalue weighted by atomic mass is 16.5. The fraction of sp³-hybridized carbons (Fsp3) is 0.944. The number of esters is 1. The Labute approximate surface area is 138 Å². The lowest BCUT2D eigenvalue weighted by Gasteiger charge is -2.08. The fourth-order valence-corrected chi connectivity index (χ4v) is 2.42. The van der Waals surface area contributed by atoms with Crippen molar-refractivity contribution < 1.29 is 9.53 Å². The van der Waals surface area contributed by atoms with Gasteiger partial charge in [-0.05, 0) is 59.9 Å². The van der Waals surface area contributed by atoms with Gasteiger partial charge in [0, 0.05) is 6.42 Å². The van der Waals surface area contributed by atoms with Gasteiger partial charge in [0.1, 0.15) is 0 Å². The van der Waals surface area contributed by atoms with Crippen LogP contribution in [0.1, 0.15) is 70.6 Å². The van der Waals surface area contributed by atoms with Gasteiger partial charge in [0.25, 0.3) is 0 Å². The molecule has 132 valence electrons. The van der Waals surface area contributed by atoms with Gasteiger partial charge in [-0.1, -0.05) is 38.5 Å². The second kappa shape index (κ2) is 16.8. The van der Waals surface area contributed by atoms with Crippen LogP contribution in [0.25, 0.3) is 0 Å². The Hall–Kier alpha value is -0.610. The van der Waals surface area contributed by atoms with Crippen LogP contribution in [-0.2, 0) is 9.53 Å². The van der Waals surface area contributed by atoms with Gasteiger partial charge in [-0.2, -0.15) is 0 Å². The third-order valence-electron chi connectivity index (χ3n) is 3.82. The molecule has 0 aliphatic carbocycles. The second-order valence-electron chi connectivity index (χ2n) is 6.41. The average Bonchev–Trinajstić information content (AvgIpc) is 2.48. The molecule has 0 aromatic heterocycles. The summed E-state index contributed by atoms with van der Waals surface area (Å²) in [6.45, 7) is 2.87. The summed E-state index contributed by atoms with van der Waals surface area (Å²) in [5, 5.41) is 3.15. The first-order valence-corrected chi connectivity index (χ1v) is 9.11. The minimum absolute atomic E-state index is 0.0107. The second-order valence-corrected chi connectivity index (χ2v) is 6.41. The van der Waals surface area contributed by atoms with E-state index in [9.17, 15) is 4.79 Å². The smallest absolute Gasteiger partial charge is 0.305 e. The van der Waals surface area contributed by atoms with Crippen LogP contribution < -0.4 is 5.32 Å². The Morgan fingerprint density at radius 3 is 2.14 bits per heavy atom. The molecule has 0 aromatic carbocycles. The van der Waals surface area contributed by atoms with Crippen molar-refractivity contribution in [1.82, 2.24) is 10.2 Å². The molecule has 0 fully saturated rings. The van der Waals surface area contributed by atoms with Crippen molar-refractivity contribution in [3.8, 4) is 0 Å². The topological polar surface area (TPSA) is 41.6 Å². The number of nitrogens with one attached hydrogen (secondary N) is 1. The highest BCUT2D eigenvalue weighted by molar-refractivity contribution is 5.69. The van der Waals surface area contributed by atoms with E-state index in [1.165, 1.54) is 44.9 Å². The van der Waals surface area contributed by atoms with E-state index in [4.69, 9.17) is 4.74 Å². The number of rotatable bonds is 16. The van der Waals surface area contributed by atoms with Gasteiger partial charge in [-0.25, -0.2) is 0 Å². The molecule has 0 bridgehead atoms. The Morgan fingerprint density at radius 1 is 0.864 bits per heavy atom. The van der Waals surface area contributed by atoms with Crippen molar-refractivity contribution in [3.63, 3.8) is 0 Å². The molecular formula is C18H38N2O2. The maximum absolute atomic E-state index is 11.6. The summed E-state index contributed by atoms with van der Waals surface area (Å²) in [6.07, 6.45) is 12.4. The quantitative estimate of drug-likeness (QED) is 0.349. The van der Waals surface area contributed by atoms with E-state index >= 15 is 0 Å². The fourth-order valence-electron chi connectivity index (χ4n) is 2.42. The Morgan fingerprint density at radius 2 is 1.45 bits per heavy atom. The molecule has 0 heterocycles. The molecule has 1 N–H and O–H groups in total. The van der Waals surface area contributed by atoms with Gasteiger partial charge in [0.05, 0.1) is 6.61 Å². The lowest BCUT2D eigenvalue weighted by molar-refractivity contribution is -0.143. The van der Waals surface area contributed by atoms with Crippen molar-refractivity contribution in [2.75, 3.05) is 40.8 Å². The first kappa shape index (κ1) is 21.4. The maximum Gasteiger partial charge on any atom is 0.305 e. The van der Waals surface area contributed by atoms with Crippen LogP contribution in [0.2, 0.25) is 0 Å². The summed E-state index contributed by atoms with van der Waals surface area (Å²) in [6, 6.07) is 0. The van der Waals surface area contributed by atoms with Gasteiger partial charge in [-0.3, -0.25) is 4.79 Å². The third-order valence-corrected chi connectivity index (χ3v) is 3.82. The lowest BCUT2D eigenvalue weighted by Crippen LogP contribution is -2.12. The SMILES string of the molecule is CNCCCCCCCOC(=O)CCCCCCCN(C)C. The van der Waals surface area contributed by atoms with Crippen molar-refractivity contribution in [2.45, 2.75) is 70.6 Å². The van der Waals surface area contributed by atoms with E-state index in [-0.39, 0.29) is 5.97 Å². The minimum Gasteiger partial charge on any atom is -0.466 e. The molecule has 4 nitrogen and oxygen atoms in total. The summed E-state index contributed by atoms with van der Waals surface area (Å²) in [5.74, 6) is -0.0107. The summed E-state index contributed by atoms with van der Waals surface area (Å²) >= 11 is 0. The van der Waals surface area contributed by atoms with E-state index in [0.717, 1.165) is 32.4 Å². The molecule has 0 saturated carbocycles. The van der Waals surface area contributed by atoms with Gasteiger partial charge in [-0.15, -0.1) is 0 Å². The number of carbonyl (C=O) groups is 1. The summed E-state index contributed by atoms with van der Waals surface area (Å²) in [7, 11) is 6.21. The summed E-state index contributed by atoms with van der Waals surface area (Å²) < 4.78 is 5.27. The zero-order valence-electron chi connectivity index (χ0n) is 15.2. The molecule has 22 heavy (non-hydrogen) atoms. The molecule has 0 radical (unpaired) electrons. The monoisotopic (exact) mass is 314 g/mol. The van der Waals surface area contributed by atoms with Gasteiger partial charge < -0.3 is 15.0 Å². The van der Waals surface area contributed by atoms with Crippen LogP contribution in [-0.4, -0.2) is 51.7 Å². The van der Waals surface area contributed by atoms with E-state index in [1.807, 2.05) is 7.05 Å². The van der Waals surface area contributed by atoms with Crippen molar-refractivity contribution in [3.05, 3.63) is 0 Å². The standard InChI is InChI=1S/C18H38N2O2/c1-19-15-11-7-5-9-13-17-22-18(21)14-10-6-4-8-12-16-20(2)3/h19H,4-17H2,1-3H3.